The number of carbonyl (C=O) groups excluding carboxylic acids is 4. The molecule has 1 amide bonds. The average molecular weight is 670 g/mol. The third-order valence-electron chi connectivity index (χ3n) is 8.69. The number of aryl methyl sites for hydroxylation is 1. The number of ketones is 1. The minimum Gasteiger partial charge on any atom is -0.493 e. The fraction of sp³-hybridized carbons (Fsp3) is 0.568. The third-order valence-corrected chi connectivity index (χ3v) is 8.69. The normalized spacial score (nSPS) is 15.7. The molecule has 1 N–H and O–H groups in total. The molecule has 1 heterocycles. The van der Waals surface area contributed by atoms with Gasteiger partial charge in [-0.25, -0.2) is 9.59 Å². The zero-order chi connectivity index (χ0) is 35.5. The Morgan fingerprint density at radius 2 is 1.71 bits per heavy atom. The second-order valence-corrected chi connectivity index (χ2v) is 13.4. The van der Waals surface area contributed by atoms with Crippen molar-refractivity contribution in [1.29, 1.82) is 0 Å². The van der Waals surface area contributed by atoms with E-state index in [9.17, 15) is 24.3 Å². The van der Waals surface area contributed by atoms with Crippen LogP contribution in [0.15, 0.2) is 42.5 Å². The van der Waals surface area contributed by atoms with E-state index >= 15 is 0 Å². The van der Waals surface area contributed by atoms with Gasteiger partial charge in [0.25, 0.3) is 5.91 Å². The quantitative estimate of drug-likeness (QED) is 0.172. The Kier molecular flexibility index (Phi) is 13.8. The molecule has 0 unspecified atom stereocenters. The van der Waals surface area contributed by atoms with Gasteiger partial charge in [-0.1, -0.05) is 39.0 Å². The molecule has 0 spiro atoms. The number of esters is 2. The monoisotopic (exact) mass is 669 g/mol. The Bertz CT molecular complexity index is 1410. The highest BCUT2D eigenvalue weighted by Gasteiger charge is 2.41. The number of Topliss-reactive ketones (excluding diaryl/α,β-unsaturated/α-hetero) is 1. The molecular weight excluding hydrogens is 618 g/mol. The summed E-state index contributed by atoms with van der Waals surface area (Å²) in [4.78, 5) is 53.9. The highest BCUT2D eigenvalue weighted by atomic mass is 16.6. The largest absolute Gasteiger partial charge is 0.493 e. The van der Waals surface area contributed by atoms with Crippen molar-refractivity contribution in [3.8, 4) is 17.2 Å². The van der Waals surface area contributed by atoms with Crippen LogP contribution in [0.25, 0.3) is 0 Å². The number of methoxy groups -OCH3 is 2. The molecule has 1 saturated heterocycles. The lowest BCUT2D eigenvalue weighted by atomic mass is 9.84. The van der Waals surface area contributed by atoms with Crippen LogP contribution in [0.4, 0.5) is 0 Å². The second kappa shape index (κ2) is 17.3. The standard InChI is InChI=1S/C37H51NO10/c1-8-36(2,3)33(40)34(41)38-20-10-9-14-28(38)35(42)48-29(17-15-25-16-18-30(44-6)31(22-25)45-7)26-12-11-13-27(23-26)47-24-32(39)46-21-19-37(4,5)43/h11-13,16,18,22-23,28-29,43H,8-10,14-15,17,19-21,24H2,1-7H3/t28-,29+/m0/s1. The predicted molar refractivity (Wildman–Crippen MR) is 179 cm³/mol. The van der Waals surface area contributed by atoms with Crippen molar-refractivity contribution in [3.05, 3.63) is 53.6 Å². The Morgan fingerprint density at radius 1 is 0.979 bits per heavy atom. The molecular formula is C37H51NO10. The predicted octanol–water partition coefficient (Wildman–Crippen LogP) is 5.39. The van der Waals surface area contributed by atoms with Gasteiger partial charge in [0, 0.05) is 18.4 Å². The molecule has 1 aliphatic heterocycles. The van der Waals surface area contributed by atoms with Crippen LogP contribution in [0, 0.1) is 5.41 Å². The summed E-state index contributed by atoms with van der Waals surface area (Å²) in [5.41, 5.74) is -0.235. The number of rotatable bonds is 17. The molecule has 11 nitrogen and oxygen atoms in total. The number of ether oxygens (including phenoxy) is 5. The summed E-state index contributed by atoms with van der Waals surface area (Å²) in [7, 11) is 3.12. The number of likely N-dealkylation sites (tertiary alicyclic amines) is 1. The van der Waals surface area contributed by atoms with Gasteiger partial charge < -0.3 is 33.7 Å². The average Bonchev–Trinajstić information content (AvgIpc) is 3.07. The van der Waals surface area contributed by atoms with Crippen LogP contribution in [-0.4, -0.2) is 79.3 Å². The molecule has 0 saturated carbocycles. The van der Waals surface area contributed by atoms with Crippen LogP contribution in [-0.2, 0) is 35.1 Å². The Balaban J connectivity index is 1.82. The van der Waals surface area contributed by atoms with Crippen molar-refractivity contribution in [2.75, 3.05) is 34.0 Å². The maximum Gasteiger partial charge on any atom is 0.344 e. The second-order valence-electron chi connectivity index (χ2n) is 13.4. The van der Waals surface area contributed by atoms with Gasteiger partial charge in [0.1, 0.15) is 17.9 Å². The van der Waals surface area contributed by atoms with E-state index in [1.165, 1.54) is 4.90 Å². The van der Waals surface area contributed by atoms with E-state index in [2.05, 4.69) is 0 Å². The smallest absolute Gasteiger partial charge is 0.344 e. The number of hydrogen-bond acceptors (Lipinski definition) is 10. The number of nitrogens with zero attached hydrogens (tertiary/aromatic N) is 1. The number of amides is 1. The van der Waals surface area contributed by atoms with E-state index in [1.807, 2.05) is 25.1 Å². The molecule has 0 radical (unpaired) electrons. The fourth-order valence-corrected chi connectivity index (χ4v) is 5.25. The van der Waals surface area contributed by atoms with Crippen molar-refractivity contribution in [2.45, 2.75) is 97.3 Å². The molecule has 11 heteroatoms. The molecule has 2 aromatic rings. The first-order valence-corrected chi connectivity index (χ1v) is 16.6. The van der Waals surface area contributed by atoms with E-state index in [1.54, 1.807) is 66.2 Å². The van der Waals surface area contributed by atoms with Gasteiger partial charge in [0.2, 0.25) is 5.78 Å². The first-order valence-electron chi connectivity index (χ1n) is 16.6. The van der Waals surface area contributed by atoms with Gasteiger partial charge in [-0.2, -0.15) is 0 Å². The van der Waals surface area contributed by atoms with Crippen molar-refractivity contribution in [3.63, 3.8) is 0 Å². The first kappa shape index (κ1) is 38.3. The summed E-state index contributed by atoms with van der Waals surface area (Å²) >= 11 is 0. The van der Waals surface area contributed by atoms with E-state index < -0.39 is 46.8 Å². The molecule has 48 heavy (non-hydrogen) atoms. The SMILES string of the molecule is CCC(C)(C)C(=O)C(=O)N1CCCC[C@H]1C(=O)O[C@H](CCc1ccc(OC)c(OC)c1)c1cccc(OCC(=O)OCCC(C)(C)O)c1. The molecule has 0 aromatic heterocycles. The highest BCUT2D eigenvalue weighted by molar-refractivity contribution is 6.38. The Hall–Kier alpha value is -4.12. The molecule has 264 valence electrons. The summed E-state index contributed by atoms with van der Waals surface area (Å²) < 4.78 is 27.9. The number of hydrogen-bond donors (Lipinski definition) is 1. The molecule has 0 bridgehead atoms. The van der Waals surface area contributed by atoms with Crippen molar-refractivity contribution >= 4 is 23.6 Å². The molecule has 2 atom stereocenters. The Morgan fingerprint density at radius 3 is 2.38 bits per heavy atom. The molecule has 2 aromatic carbocycles. The molecule has 1 aliphatic rings. The Labute approximate surface area is 283 Å². The van der Waals surface area contributed by atoms with Crippen LogP contribution in [0.5, 0.6) is 17.2 Å². The van der Waals surface area contributed by atoms with Gasteiger partial charge in [-0.05, 0) is 87.8 Å². The third kappa shape index (κ3) is 11.0. The summed E-state index contributed by atoms with van der Waals surface area (Å²) in [6.07, 6.45) is 2.74. The van der Waals surface area contributed by atoms with Crippen LogP contribution < -0.4 is 14.2 Å². The van der Waals surface area contributed by atoms with Crippen LogP contribution >= 0.6 is 0 Å². The van der Waals surface area contributed by atoms with E-state index in [4.69, 9.17) is 23.7 Å². The minimum absolute atomic E-state index is 0.0577. The number of piperidine rings is 1. The zero-order valence-electron chi connectivity index (χ0n) is 29.3. The van der Waals surface area contributed by atoms with Crippen LogP contribution in [0.1, 0.15) is 90.4 Å². The minimum atomic E-state index is -0.956. The maximum absolute atomic E-state index is 13.8. The van der Waals surface area contributed by atoms with E-state index in [0.717, 1.165) is 12.0 Å². The lowest BCUT2D eigenvalue weighted by Gasteiger charge is -2.36. The summed E-state index contributed by atoms with van der Waals surface area (Å²) in [6, 6.07) is 11.6. The van der Waals surface area contributed by atoms with Gasteiger partial charge >= 0.3 is 11.9 Å². The number of aliphatic hydroxyl groups is 1. The van der Waals surface area contributed by atoms with Crippen molar-refractivity contribution in [2.24, 2.45) is 5.41 Å². The van der Waals surface area contributed by atoms with Gasteiger partial charge in [-0.15, -0.1) is 0 Å². The zero-order valence-corrected chi connectivity index (χ0v) is 29.3. The number of benzene rings is 2. The topological polar surface area (TPSA) is 138 Å². The van der Waals surface area contributed by atoms with Crippen molar-refractivity contribution < 1.29 is 48.0 Å². The van der Waals surface area contributed by atoms with Crippen LogP contribution in [0.3, 0.4) is 0 Å². The lowest BCUT2D eigenvalue weighted by molar-refractivity contribution is -0.164. The van der Waals surface area contributed by atoms with Crippen LogP contribution in [0.2, 0.25) is 0 Å². The van der Waals surface area contributed by atoms with E-state index in [-0.39, 0.29) is 19.6 Å². The summed E-state index contributed by atoms with van der Waals surface area (Å²) in [5.74, 6) is -0.789. The van der Waals surface area contributed by atoms with Gasteiger partial charge in [-0.3, -0.25) is 9.59 Å². The number of carbonyl (C=O) groups is 4. The van der Waals surface area contributed by atoms with Crippen molar-refractivity contribution in [1.82, 2.24) is 4.90 Å². The first-order chi connectivity index (χ1) is 22.7. The molecule has 0 aliphatic carbocycles. The maximum atomic E-state index is 13.8. The van der Waals surface area contributed by atoms with E-state index in [0.29, 0.717) is 61.5 Å². The van der Waals surface area contributed by atoms with Gasteiger partial charge in [0.15, 0.2) is 18.1 Å². The molecule has 3 rings (SSSR count). The molecule has 1 fully saturated rings. The lowest BCUT2D eigenvalue weighted by Crippen LogP contribution is -2.53. The summed E-state index contributed by atoms with van der Waals surface area (Å²) in [5, 5.41) is 9.84. The van der Waals surface area contributed by atoms with Gasteiger partial charge in [0.05, 0.1) is 26.4 Å². The highest BCUT2D eigenvalue weighted by Crippen LogP contribution is 2.32. The summed E-state index contributed by atoms with van der Waals surface area (Å²) in [6.45, 7) is 8.61. The fourth-order valence-electron chi connectivity index (χ4n) is 5.25.